The highest BCUT2D eigenvalue weighted by Gasteiger charge is 2.15. The molecule has 7 nitrogen and oxygen atoms in total. The number of rotatable bonds is 6. The highest BCUT2D eigenvalue weighted by atomic mass is 16.5. The van der Waals surface area contributed by atoms with Gasteiger partial charge in [-0.1, -0.05) is 6.07 Å². The van der Waals surface area contributed by atoms with E-state index in [1.807, 2.05) is 6.07 Å². The van der Waals surface area contributed by atoms with Crippen LogP contribution >= 0.6 is 0 Å². The van der Waals surface area contributed by atoms with Gasteiger partial charge in [0.1, 0.15) is 0 Å². The summed E-state index contributed by atoms with van der Waals surface area (Å²) in [7, 11) is 1.57. The molecule has 0 aliphatic heterocycles. The van der Waals surface area contributed by atoms with Crippen LogP contribution in [0.2, 0.25) is 0 Å². The fourth-order valence-corrected chi connectivity index (χ4v) is 2.68. The number of pyridine rings is 1. The van der Waals surface area contributed by atoms with Crippen molar-refractivity contribution < 1.29 is 14.6 Å². The number of imidazole rings is 1. The molecule has 24 heavy (non-hydrogen) atoms. The van der Waals surface area contributed by atoms with Crippen molar-refractivity contribution in [2.75, 3.05) is 13.7 Å². The zero-order chi connectivity index (χ0) is 17.1. The van der Waals surface area contributed by atoms with Crippen LogP contribution in [0, 0.1) is 0 Å². The van der Waals surface area contributed by atoms with Crippen LogP contribution in [-0.2, 0) is 17.8 Å². The molecular formula is C17H17N3O4. The lowest BCUT2D eigenvalue weighted by molar-refractivity contribution is 0.0697. The van der Waals surface area contributed by atoms with E-state index in [2.05, 4.69) is 4.98 Å². The molecule has 3 aromatic rings. The van der Waals surface area contributed by atoms with E-state index in [0.29, 0.717) is 30.7 Å². The summed E-state index contributed by atoms with van der Waals surface area (Å²) in [6.45, 7) is 1.12. The minimum Gasteiger partial charge on any atom is -0.478 e. The van der Waals surface area contributed by atoms with Gasteiger partial charge in [0, 0.05) is 19.5 Å². The maximum atomic E-state index is 12.8. The first-order valence-electron chi connectivity index (χ1n) is 7.46. The van der Waals surface area contributed by atoms with Gasteiger partial charge in [-0.05, 0) is 29.8 Å². The molecule has 1 N–H and O–H groups in total. The van der Waals surface area contributed by atoms with Crippen molar-refractivity contribution in [2.24, 2.45) is 0 Å². The third kappa shape index (κ3) is 2.93. The molecule has 1 aromatic carbocycles. The Labute approximate surface area is 137 Å². The van der Waals surface area contributed by atoms with Gasteiger partial charge >= 0.3 is 11.7 Å². The highest BCUT2D eigenvalue weighted by molar-refractivity contribution is 5.92. The van der Waals surface area contributed by atoms with Crippen LogP contribution in [0.5, 0.6) is 0 Å². The smallest absolute Gasteiger partial charge is 0.335 e. The molecule has 0 saturated heterocycles. The van der Waals surface area contributed by atoms with E-state index in [9.17, 15) is 14.7 Å². The number of hydrogen-bond donors (Lipinski definition) is 1. The first-order valence-corrected chi connectivity index (χ1v) is 7.46. The molecule has 0 radical (unpaired) electrons. The second kappa shape index (κ2) is 6.67. The number of aromatic carboxylic acids is 1. The largest absolute Gasteiger partial charge is 0.478 e. The monoisotopic (exact) mass is 327 g/mol. The van der Waals surface area contributed by atoms with Crippen LogP contribution in [0.1, 0.15) is 15.9 Å². The van der Waals surface area contributed by atoms with Gasteiger partial charge < -0.3 is 9.84 Å². The number of benzene rings is 1. The second-order valence-corrected chi connectivity index (χ2v) is 5.38. The number of methoxy groups -OCH3 is 1. The van der Waals surface area contributed by atoms with Crippen LogP contribution in [-0.4, -0.2) is 38.9 Å². The lowest BCUT2D eigenvalue weighted by atomic mass is 10.2. The number of carboxylic acids is 1. The van der Waals surface area contributed by atoms with Crippen molar-refractivity contribution in [3.05, 3.63) is 64.3 Å². The summed E-state index contributed by atoms with van der Waals surface area (Å²) in [4.78, 5) is 28.1. The molecule has 124 valence electrons. The van der Waals surface area contributed by atoms with Gasteiger partial charge in [0.15, 0.2) is 0 Å². The predicted octanol–water partition coefficient (Wildman–Crippen LogP) is 1.59. The summed E-state index contributed by atoms with van der Waals surface area (Å²) in [5.41, 5.74) is 2.08. The van der Waals surface area contributed by atoms with E-state index in [0.717, 1.165) is 5.56 Å². The van der Waals surface area contributed by atoms with Crippen LogP contribution in [0.3, 0.4) is 0 Å². The molecule has 0 saturated carbocycles. The predicted molar refractivity (Wildman–Crippen MR) is 88.4 cm³/mol. The summed E-state index contributed by atoms with van der Waals surface area (Å²) in [6.07, 6.45) is 3.35. The quantitative estimate of drug-likeness (QED) is 0.743. The van der Waals surface area contributed by atoms with Gasteiger partial charge in [-0.2, -0.15) is 0 Å². The Balaban J connectivity index is 2.17. The molecule has 2 aromatic heterocycles. The molecule has 0 aliphatic rings. The van der Waals surface area contributed by atoms with E-state index >= 15 is 0 Å². The van der Waals surface area contributed by atoms with Gasteiger partial charge in [0.05, 0.1) is 36.3 Å². The number of hydrogen-bond acceptors (Lipinski definition) is 4. The third-order valence-corrected chi connectivity index (χ3v) is 3.85. The Kier molecular flexibility index (Phi) is 4.43. The van der Waals surface area contributed by atoms with Crippen LogP contribution in [0.4, 0.5) is 0 Å². The number of fused-ring (bicyclic) bond motifs is 1. The topological polar surface area (TPSA) is 86.4 Å². The summed E-state index contributed by atoms with van der Waals surface area (Å²) in [5, 5.41) is 9.22. The Morgan fingerprint density at radius 3 is 2.75 bits per heavy atom. The molecule has 0 spiro atoms. The van der Waals surface area contributed by atoms with E-state index in [4.69, 9.17) is 4.74 Å². The molecule has 0 aliphatic carbocycles. The van der Waals surface area contributed by atoms with E-state index in [1.54, 1.807) is 40.8 Å². The van der Waals surface area contributed by atoms with Crippen molar-refractivity contribution in [3.63, 3.8) is 0 Å². The SMILES string of the molecule is COCCn1c(=O)n(Cc2cccnc2)c2cc(C(=O)O)ccc21. The fourth-order valence-electron chi connectivity index (χ4n) is 2.68. The van der Waals surface area contributed by atoms with Crippen molar-refractivity contribution in [1.29, 1.82) is 0 Å². The lowest BCUT2D eigenvalue weighted by Gasteiger charge is -2.03. The van der Waals surface area contributed by atoms with Crippen molar-refractivity contribution >= 4 is 17.0 Å². The number of aromatic nitrogens is 3. The normalized spacial score (nSPS) is 11.0. The van der Waals surface area contributed by atoms with Gasteiger partial charge in [0.2, 0.25) is 0 Å². The zero-order valence-corrected chi connectivity index (χ0v) is 13.2. The average Bonchev–Trinajstić information content (AvgIpc) is 2.85. The van der Waals surface area contributed by atoms with Gasteiger partial charge in [-0.25, -0.2) is 9.59 Å². The summed E-state index contributed by atoms with van der Waals surface area (Å²) in [6, 6.07) is 8.36. The van der Waals surface area contributed by atoms with Gasteiger partial charge in [0.25, 0.3) is 0 Å². The molecular weight excluding hydrogens is 310 g/mol. The Hall–Kier alpha value is -2.93. The minimum atomic E-state index is -1.03. The maximum absolute atomic E-state index is 12.8. The third-order valence-electron chi connectivity index (χ3n) is 3.85. The summed E-state index contributed by atoms with van der Waals surface area (Å²) >= 11 is 0. The van der Waals surface area contributed by atoms with E-state index in [1.165, 1.54) is 12.1 Å². The lowest BCUT2D eigenvalue weighted by Crippen LogP contribution is -2.26. The highest BCUT2D eigenvalue weighted by Crippen LogP contribution is 2.17. The fraction of sp³-hybridized carbons (Fsp3) is 0.235. The van der Waals surface area contributed by atoms with Crippen LogP contribution in [0.15, 0.2) is 47.5 Å². The summed E-state index contributed by atoms with van der Waals surface area (Å²) in [5.74, 6) is -1.03. The van der Waals surface area contributed by atoms with Crippen molar-refractivity contribution in [2.45, 2.75) is 13.1 Å². The van der Waals surface area contributed by atoms with Gasteiger partial charge in [-0.15, -0.1) is 0 Å². The standard InChI is InChI=1S/C17H17N3O4/c1-24-8-7-19-14-5-4-13(16(21)22)9-15(14)20(17(19)23)11-12-3-2-6-18-10-12/h2-6,9-10H,7-8,11H2,1H3,(H,21,22). The molecule has 7 heteroatoms. The Morgan fingerprint density at radius 2 is 2.08 bits per heavy atom. The minimum absolute atomic E-state index is 0.145. The van der Waals surface area contributed by atoms with Crippen LogP contribution in [0.25, 0.3) is 11.0 Å². The first kappa shape index (κ1) is 15.9. The van der Waals surface area contributed by atoms with Crippen molar-refractivity contribution in [1.82, 2.24) is 14.1 Å². The number of nitrogens with zero attached hydrogens (tertiary/aromatic N) is 3. The van der Waals surface area contributed by atoms with Gasteiger partial charge in [-0.3, -0.25) is 14.1 Å². The second-order valence-electron chi connectivity index (χ2n) is 5.38. The molecule has 2 heterocycles. The van der Waals surface area contributed by atoms with E-state index < -0.39 is 5.97 Å². The number of carbonyl (C=O) groups is 1. The van der Waals surface area contributed by atoms with Crippen molar-refractivity contribution in [3.8, 4) is 0 Å². The zero-order valence-electron chi connectivity index (χ0n) is 13.2. The Bertz CT molecular complexity index is 928. The molecule has 0 unspecified atom stereocenters. The molecule has 3 rings (SSSR count). The molecule has 0 bridgehead atoms. The maximum Gasteiger partial charge on any atom is 0.335 e. The molecule has 0 atom stereocenters. The summed E-state index contributed by atoms with van der Waals surface area (Å²) < 4.78 is 8.23. The Morgan fingerprint density at radius 1 is 1.25 bits per heavy atom. The molecule has 0 fully saturated rings. The number of carboxylic acid groups (broad SMARTS) is 1. The van der Waals surface area contributed by atoms with E-state index in [-0.39, 0.29) is 11.3 Å². The number of ether oxygens (including phenoxy) is 1. The molecule has 0 amide bonds. The first-order chi connectivity index (χ1) is 11.6. The average molecular weight is 327 g/mol. The van der Waals surface area contributed by atoms with Crippen LogP contribution < -0.4 is 5.69 Å².